The Morgan fingerprint density at radius 3 is 2.78 bits per heavy atom. The Morgan fingerprint density at radius 2 is 2.17 bits per heavy atom. The molecule has 0 aliphatic heterocycles. The molecule has 1 rings (SSSR count). The molecule has 1 aromatic carbocycles. The van der Waals surface area contributed by atoms with Crippen LogP contribution >= 0.6 is 15.9 Å². The first kappa shape index (κ1) is 14.9. The van der Waals surface area contributed by atoms with Crippen LogP contribution in [-0.4, -0.2) is 27.2 Å². The summed E-state index contributed by atoms with van der Waals surface area (Å²) in [4.78, 5) is 10.8. The number of hydrogen-bond donors (Lipinski definition) is 1. The highest BCUT2D eigenvalue weighted by Gasteiger charge is 2.15. The summed E-state index contributed by atoms with van der Waals surface area (Å²) in [5.41, 5.74) is 0.0832. The van der Waals surface area contributed by atoms with Crippen LogP contribution in [0.25, 0.3) is 0 Å². The third-order valence-corrected chi connectivity index (χ3v) is 3.96. The normalized spacial score (nSPS) is 11.1. The number of hydrogen-bond acceptors (Lipinski definition) is 4. The number of benzene rings is 1. The lowest BCUT2D eigenvalue weighted by molar-refractivity contribution is -0.140. The second-order valence-corrected chi connectivity index (χ2v) is 6.07. The van der Waals surface area contributed by atoms with Crippen LogP contribution in [0.5, 0.6) is 0 Å². The molecule has 0 heterocycles. The molecule has 0 unspecified atom stereocenters. The van der Waals surface area contributed by atoms with Crippen molar-refractivity contribution >= 4 is 37.6 Å². The summed E-state index contributed by atoms with van der Waals surface area (Å²) >= 11 is 3.09. The van der Waals surface area contributed by atoms with Crippen molar-refractivity contribution in [1.82, 2.24) is 0 Å². The van der Waals surface area contributed by atoms with Crippen LogP contribution in [-0.2, 0) is 19.6 Å². The number of methoxy groups -OCH3 is 1. The highest BCUT2D eigenvalue weighted by Crippen LogP contribution is 2.24. The molecular weight excluding hydrogens is 329 g/mol. The van der Waals surface area contributed by atoms with E-state index in [1.54, 1.807) is 0 Å². The molecule has 0 aromatic heterocycles. The molecule has 0 amide bonds. The fourth-order valence-electron chi connectivity index (χ4n) is 1.11. The van der Waals surface area contributed by atoms with Crippen LogP contribution in [0.4, 0.5) is 10.1 Å². The molecule has 1 aromatic rings. The zero-order chi connectivity index (χ0) is 13.8. The molecule has 100 valence electrons. The summed E-state index contributed by atoms with van der Waals surface area (Å²) in [5, 5.41) is 0. The molecular formula is C10H11BrFNO4S. The minimum Gasteiger partial charge on any atom is -0.469 e. The summed E-state index contributed by atoms with van der Waals surface area (Å²) in [6.07, 6.45) is -0.265. The second kappa shape index (κ2) is 6.14. The summed E-state index contributed by atoms with van der Waals surface area (Å²) < 4.78 is 43.1. The lowest BCUT2D eigenvalue weighted by Gasteiger charge is -2.09. The quantitative estimate of drug-likeness (QED) is 0.831. The van der Waals surface area contributed by atoms with Gasteiger partial charge >= 0.3 is 5.97 Å². The molecule has 0 radical (unpaired) electrons. The minimum atomic E-state index is -3.73. The lowest BCUT2D eigenvalue weighted by atomic mass is 10.3. The Kier molecular flexibility index (Phi) is 5.09. The predicted octanol–water partition coefficient (Wildman–Crippen LogP) is 1.89. The van der Waals surface area contributed by atoms with E-state index in [2.05, 4.69) is 25.4 Å². The van der Waals surface area contributed by atoms with E-state index >= 15 is 0 Å². The Bertz CT molecular complexity index is 547. The van der Waals surface area contributed by atoms with Gasteiger partial charge in [-0.3, -0.25) is 9.52 Å². The molecule has 0 saturated heterocycles. The van der Waals surface area contributed by atoms with Gasteiger partial charge in [-0.25, -0.2) is 12.8 Å². The van der Waals surface area contributed by atoms with Crippen LogP contribution in [0.3, 0.4) is 0 Å². The summed E-state index contributed by atoms with van der Waals surface area (Å²) in [7, 11) is -2.55. The number of esters is 1. The number of ether oxygens (including phenoxy) is 1. The van der Waals surface area contributed by atoms with Crippen molar-refractivity contribution in [2.24, 2.45) is 0 Å². The van der Waals surface area contributed by atoms with E-state index in [0.29, 0.717) is 4.47 Å². The molecule has 0 bridgehead atoms. The zero-order valence-corrected chi connectivity index (χ0v) is 11.8. The first-order valence-corrected chi connectivity index (χ1v) is 7.31. The van der Waals surface area contributed by atoms with E-state index in [9.17, 15) is 17.6 Å². The lowest BCUT2D eigenvalue weighted by Crippen LogP contribution is -2.19. The van der Waals surface area contributed by atoms with Gasteiger partial charge < -0.3 is 4.74 Å². The summed E-state index contributed by atoms with van der Waals surface area (Å²) in [5.74, 6) is -1.62. The maximum absolute atomic E-state index is 13.0. The maximum Gasteiger partial charge on any atom is 0.306 e. The first-order chi connectivity index (χ1) is 8.34. The fourth-order valence-corrected chi connectivity index (χ4v) is 2.63. The van der Waals surface area contributed by atoms with E-state index in [4.69, 9.17) is 0 Å². The van der Waals surface area contributed by atoms with Crippen molar-refractivity contribution in [2.75, 3.05) is 17.6 Å². The van der Waals surface area contributed by atoms with Gasteiger partial charge in [0.25, 0.3) is 0 Å². The standard InChI is InChI=1S/C10H11BrFNO4S/c1-17-10(14)4-5-18(15,16)13-9-6-7(12)2-3-8(9)11/h2-3,6,13H,4-5H2,1H3. The number of nitrogens with one attached hydrogen (secondary N) is 1. The first-order valence-electron chi connectivity index (χ1n) is 4.86. The molecule has 0 spiro atoms. The molecule has 1 N–H and O–H groups in total. The fraction of sp³-hybridized carbons (Fsp3) is 0.300. The third kappa shape index (κ3) is 4.61. The Labute approximate surface area is 113 Å². The van der Waals surface area contributed by atoms with Gasteiger partial charge in [0, 0.05) is 4.47 Å². The molecule has 0 fully saturated rings. The van der Waals surface area contributed by atoms with Gasteiger partial charge in [-0.05, 0) is 34.1 Å². The molecule has 0 atom stereocenters. The minimum absolute atomic E-state index is 0.0832. The van der Waals surface area contributed by atoms with E-state index in [1.165, 1.54) is 19.2 Å². The Balaban J connectivity index is 2.76. The third-order valence-electron chi connectivity index (χ3n) is 2.00. The van der Waals surface area contributed by atoms with Crippen LogP contribution in [0, 0.1) is 5.82 Å². The van der Waals surface area contributed by atoms with Gasteiger partial charge in [0.2, 0.25) is 10.0 Å². The average Bonchev–Trinajstić information content (AvgIpc) is 2.30. The van der Waals surface area contributed by atoms with Crippen molar-refractivity contribution in [3.05, 3.63) is 28.5 Å². The average molecular weight is 340 g/mol. The number of anilines is 1. The van der Waals surface area contributed by atoms with Gasteiger partial charge in [0.15, 0.2) is 0 Å². The SMILES string of the molecule is COC(=O)CCS(=O)(=O)Nc1cc(F)ccc1Br. The van der Waals surface area contributed by atoms with Gasteiger partial charge in [-0.15, -0.1) is 0 Å². The van der Waals surface area contributed by atoms with Gasteiger partial charge in [0.05, 0.1) is 25.0 Å². The highest BCUT2D eigenvalue weighted by atomic mass is 79.9. The van der Waals surface area contributed by atoms with Crippen LogP contribution < -0.4 is 4.72 Å². The van der Waals surface area contributed by atoms with Crippen molar-refractivity contribution in [1.29, 1.82) is 0 Å². The molecule has 5 nitrogen and oxygen atoms in total. The van der Waals surface area contributed by atoms with Crippen molar-refractivity contribution in [3.8, 4) is 0 Å². The Hall–Kier alpha value is -1.15. The number of carbonyl (C=O) groups excluding carboxylic acids is 1. The number of carbonyl (C=O) groups is 1. The van der Waals surface area contributed by atoms with Crippen LogP contribution in [0.2, 0.25) is 0 Å². The molecule has 18 heavy (non-hydrogen) atoms. The summed E-state index contributed by atoms with van der Waals surface area (Å²) in [6, 6.07) is 3.61. The van der Waals surface area contributed by atoms with Gasteiger partial charge in [-0.2, -0.15) is 0 Å². The van der Waals surface area contributed by atoms with E-state index in [1.807, 2.05) is 0 Å². The summed E-state index contributed by atoms with van der Waals surface area (Å²) in [6.45, 7) is 0. The number of sulfonamides is 1. The molecule has 8 heteroatoms. The van der Waals surface area contributed by atoms with Crippen molar-refractivity contribution in [2.45, 2.75) is 6.42 Å². The second-order valence-electron chi connectivity index (χ2n) is 3.37. The van der Waals surface area contributed by atoms with Gasteiger partial charge in [-0.1, -0.05) is 0 Å². The molecule has 0 saturated carbocycles. The van der Waals surface area contributed by atoms with E-state index in [-0.39, 0.29) is 12.1 Å². The smallest absolute Gasteiger partial charge is 0.306 e. The van der Waals surface area contributed by atoms with Crippen molar-refractivity contribution < 1.29 is 22.3 Å². The maximum atomic E-state index is 13.0. The molecule has 0 aliphatic carbocycles. The topological polar surface area (TPSA) is 72.5 Å². The zero-order valence-electron chi connectivity index (χ0n) is 9.44. The molecule has 0 aliphatic rings. The van der Waals surface area contributed by atoms with E-state index in [0.717, 1.165) is 6.07 Å². The highest BCUT2D eigenvalue weighted by molar-refractivity contribution is 9.10. The Morgan fingerprint density at radius 1 is 1.50 bits per heavy atom. The van der Waals surface area contributed by atoms with Crippen molar-refractivity contribution in [3.63, 3.8) is 0 Å². The van der Waals surface area contributed by atoms with Gasteiger partial charge in [0.1, 0.15) is 5.82 Å². The van der Waals surface area contributed by atoms with E-state index < -0.39 is 27.6 Å². The predicted molar refractivity (Wildman–Crippen MR) is 68.1 cm³/mol. The largest absolute Gasteiger partial charge is 0.469 e. The van der Waals surface area contributed by atoms with Crippen LogP contribution in [0.1, 0.15) is 6.42 Å². The number of halogens is 2. The monoisotopic (exact) mass is 339 g/mol. The van der Waals surface area contributed by atoms with Crippen LogP contribution in [0.15, 0.2) is 22.7 Å². The number of rotatable bonds is 5.